The van der Waals surface area contributed by atoms with Gasteiger partial charge in [-0.25, -0.2) is 4.39 Å². The zero-order valence-electron chi connectivity index (χ0n) is 45.7. The van der Waals surface area contributed by atoms with Gasteiger partial charge in [-0.05, 0) is 137 Å². The molecule has 0 aliphatic carbocycles. The van der Waals surface area contributed by atoms with Gasteiger partial charge in [-0.15, -0.1) is 11.3 Å². The van der Waals surface area contributed by atoms with Gasteiger partial charge in [0.15, 0.2) is 5.96 Å². The van der Waals surface area contributed by atoms with Crippen LogP contribution in [0.1, 0.15) is 96.6 Å². The van der Waals surface area contributed by atoms with Crippen molar-refractivity contribution in [2.24, 2.45) is 33.8 Å². The minimum Gasteiger partial charge on any atom is -0.508 e. The van der Waals surface area contributed by atoms with E-state index in [9.17, 15) is 57.8 Å². The standard InChI is InChI=1S/C54H78FN13O11S/c1-31(2)28-40(49(75)63-39(11-7-25-60-54(58)59)53(79)67-26-8-12-43(67)52(78)61-32(3)46(57)72)64-48(74)38(10-5-6-24-56)62-50(76)41(29-35-16-21-37(70)22-17-35)65-51(77)42(30-69)66-47(73)33(4)68(45-13-9-27-80-45)44(71)23-18-34-14-19-36(55)20-15-34/h9,13-17,19-22,27,31-33,38-43,69-70H,5-8,10-12,18,23-26,28-30,56H2,1-4H3,(H2,57,72)(H,61,78)(H,62,76)(H,63,75)(H,64,74)(H,65,77)(H,66,73)(H4,58,59,60)/t32-,33-,38-,39+,40+,41+,42+,43+/m1/s1. The van der Waals surface area contributed by atoms with Crippen LogP contribution in [0.2, 0.25) is 0 Å². The summed E-state index contributed by atoms with van der Waals surface area (Å²) < 4.78 is 13.6. The molecule has 0 saturated carbocycles. The van der Waals surface area contributed by atoms with Gasteiger partial charge in [0, 0.05) is 25.9 Å². The van der Waals surface area contributed by atoms with E-state index < -0.39 is 114 Å². The van der Waals surface area contributed by atoms with Crippen LogP contribution in [0.15, 0.2) is 71.0 Å². The van der Waals surface area contributed by atoms with Crippen LogP contribution in [-0.4, -0.2) is 149 Å². The number of halogens is 1. The zero-order chi connectivity index (χ0) is 59.1. The van der Waals surface area contributed by atoms with E-state index in [1.54, 1.807) is 29.6 Å². The minimum absolute atomic E-state index is 0.0138. The molecule has 1 fully saturated rings. The third-order valence-corrected chi connectivity index (χ3v) is 14.1. The molecule has 1 aliphatic rings. The molecule has 1 aliphatic heterocycles. The van der Waals surface area contributed by atoms with E-state index in [0.717, 1.165) is 0 Å². The Morgan fingerprint density at radius 2 is 1.32 bits per heavy atom. The molecular weight excluding hydrogens is 1060 g/mol. The van der Waals surface area contributed by atoms with Crippen molar-refractivity contribution in [1.29, 1.82) is 0 Å². The number of nitrogens with zero attached hydrogens (tertiary/aromatic N) is 3. The molecule has 0 unspecified atom stereocenters. The number of carbonyl (C=O) groups excluding carboxylic acids is 9. The van der Waals surface area contributed by atoms with Crippen molar-refractivity contribution in [2.75, 3.05) is 31.1 Å². The van der Waals surface area contributed by atoms with Crippen LogP contribution in [0.3, 0.4) is 0 Å². The van der Waals surface area contributed by atoms with E-state index >= 15 is 0 Å². The van der Waals surface area contributed by atoms with Crippen LogP contribution in [0, 0.1) is 11.7 Å². The van der Waals surface area contributed by atoms with Crippen LogP contribution in [-0.2, 0) is 56.0 Å². The lowest BCUT2D eigenvalue weighted by atomic mass is 10.00. The Kier molecular flexibility index (Phi) is 26.2. The Labute approximate surface area is 468 Å². The topological polar surface area (TPSA) is 389 Å². The molecule has 0 radical (unpaired) electrons. The zero-order valence-corrected chi connectivity index (χ0v) is 46.5. The van der Waals surface area contributed by atoms with E-state index in [0.29, 0.717) is 35.4 Å². The van der Waals surface area contributed by atoms with Crippen molar-refractivity contribution < 1.29 is 57.8 Å². The quantitative estimate of drug-likeness (QED) is 0.0219. The number of carbonyl (C=O) groups is 9. The second kappa shape index (κ2) is 32.4. The van der Waals surface area contributed by atoms with Gasteiger partial charge in [0.2, 0.25) is 53.2 Å². The fourth-order valence-corrected chi connectivity index (χ4v) is 9.67. The Morgan fingerprint density at radius 3 is 1.94 bits per heavy atom. The third-order valence-electron chi connectivity index (χ3n) is 13.2. The molecule has 26 heteroatoms. The molecule has 80 heavy (non-hydrogen) atoms. The molecule has 24 nitrogen and oxygen atoms in total. The lowest BCUT2D eigenvalue weighted by Gasteiger charge is -2.31. The first kappa shape index (κ1) is 64.8. The lowest BCUT2D eigenvalue weighted by molar-refractivity contribution is -0.142. The minimum atomic E-state index is -1.65. The number of nitrogens with one attached hydrogen (secondary N) is 6. The lowest BCUT2D eigenvalue weighted by Crippen LogP contribution is -2.61. The van der Waals surface area contributed by atoms with E-state index in [1.807, 2.05) is 13.8 Å². The van der Waals surface area contributed by atoms with E-state index in [4.69, 9.17) is 22.9 Å². The molecular formula is C54H78FN13O11S. The molecule has 3 aromatic rings. The summed E-state index contributed by atoms with van der Waals surface area (Å²) >= 11 is 1.19. The number of phenolic OH excluding ortho intramolecular Hbond substituents is 1. The van der Waals surface area contributed by atoms with E-state index in [1.165, 1.54) is 71.4 Å². The number of nitrogens with two attached hydrogens (primary N) is 4. The van der Waals surface area contributed by atoms with Crippen molar-refractivity contribution in [3.8, 4) is 5.75 Å². The van der Waals surface area contributed by atoms with Gasteiger partial charge in [-0.3, -0.25) is 53.0 Å². The van der Waals surface area contributed by atoms with Crippen LogP contribution in [0.4, 0.5) is 9.39 Å². The molecule has 2 aromatic carbocycles. The number of aromatic hydroxyl groups is 1. The third kappa shape index (κ3) is 20.5. The fraction of sp³-hybridized carbons (Fsp3) is 0.519. The van der Waals surface area contributed by atoms with Crippen molar-refractivity contribution in [3.63, 3.8) is 0 Å². The summed E-state index contributed by atoms with van der Waals surface area (Å²) in [7, 11) is 0. The highest BCUT2D eigenvalue weighted by atomic mass is 32.1. The smallest absolute Gasteiger partial charge is 0.245 e. The van der Waals surface area contributed by atoms with Crippen LogP contribution in [0.5, 0.6) is 5.75 Å². The van der Waals surface area contributed by atoms with Crippen molar-refractivity contribution in [2.45, 2.75) is 147 Å². The number of hydrogen-bond acceptors (Lipinski definition) is 14. The maximum Gasteiger partial charge on any atom is 0.245 e. The maximum absolute atomic E-state index is 14.5. The van der Waals surface area contributed by atoms with Crippen molar-refractivity contribution >= 4 is 75.5 Å². The van der Waals surface area contributed by atoms with E-state index in [2.05, 4.69) is 36.9 Å². The first-order valence-electron chi connectivity index (χ1n) is 26.7. The summed E-state index contributed by atoms with van der Waals surface area (Å²) in [6.07, 6.45) is 1.78. The van der Waals surface area contributed by atoms with Gasteiger partial charge in [0.1, 0.15) is 59.9 Å². The van der Waals surface area contributed by atoms with Crippen molar-refractivity contribution in [3.05, 3.63) is 83.0 Å². The summed E-state index contributed by atoms with van der Waals surface area (Å²) in [6.45, 7) is 6.04. The number of aryl methyl sites for hydroxylation is 1. The number of aliphatic imine (C=N–C) groups is 1. The average molecular weight is 1140 g/mol. The molecule has 0 bridgehead atoms. The number of phenols is 1. The molecule has 438 valence electrons. The van der Waals surface area contributed by atoms with Crippen LogP contribution >= 0.6 is 11.3 Å². The molecule has 1 aromatic heterocycles. The van der Waals surface area contributed by atoms with Gasteiger partial charge >= 0.3 is 0 Å². The van der Waals surface area contributed by atoms with Gasteiger partial charge in [0.05, 0.1) is 11.6 Å². The number of rotatable bonds is 32. The summed E-state index contributed by atoms with van der Waals surface area (Å²) in [5.74, 6) is -7.57. The van der Waals surface area contributed by atoms with Crippen LogP contribution in [0.25, 0.3) is 0 Å². The van der Waals surface area contributed by atoms with Crippen LogP contribution < -0.4 is 59.7 Å². The number of guanidine groups is 1. The van der Waals surface area contributed by atoms with E-state index in [-0.39, 0.29) is 88.6 Å². The number of unbranched alkanes of at least 4 members (excludes halogenated alkanes) is 1. The summed E-state index contributed by atoms with van der Waals surface area (Å²) in [5, 5.41) is 38.5. The molecule has 9 amide bonds. The highest BCUT2D eigenvalue weighted by molar-refractivity contribution is 7.14. The normalized spacial score (nSPS) is 15.7. The second-order valence-corrected chi connectivity index (χ2v) is 21.0. The number of benzene rings is 2. The Morgan fingerprint density at radius 1 is 0.738 bits per heavy atom. The number of likely N-dealkylation sites (tertiary alicyclic amines) is 1. The number of amides is 9. The first-order chi connectivity index (χ1) is 38.0. The first-order valence-corrected chi connectivity index (χ1v) is 27.6. The fourth-order valence-electron chi connectivity index (χ4n) is 8.84. The monoisotopic (exact) mass is 1140 g/mol. The summed E-state index contributed by atoms with van der Waals surface area (Å²) in [4.78, 5) is 131. The molecule has 1 saturated heterocycles. The average Bonchev–Trinajstić information content (AvgIpc) is 4.15. The number of primary amides is 1. The Bertz CT molecular complexity index is 2590. The van der Waals surface area contributed by atoms with Crippen molar-refractivity contribution in [1.82, 2.24) is 36.8 Å². The predicted octanol–water partition coefficient (Wildman–Crippen LogP) is -0.184. The van der Waals surface area contributed by atoms with Gasteiger partial charge in [-0.1, -0.05) is 38.1 Å². The highest BCUT2D eigenvalue weighted by Crippen LogP contribution is 2.26. The molecule has 16 N–H and O–H groups in total. The number of hydrogen-bond donors (Lipinski definition) is 12. The maximum atomic E-state index is 14.5. The SMILES string of the molecule is CC(C)C[C@H](NC(=O)[C@@H](CCCCN)NC(=O)[C@H](Cc1ccc(O)cc1)NC(=O)[C@H](CO)NC(=O)[C@@H](C)N(C(=O)CCc1ccc(F)cc1)c1cccs1)C(=O)N[C@@H](CCCN=C(N)N)C(=O)N1CCC[C@H]1C(=O)N[C@H](C)C(N)=O. The Hall–Kier alpha value is -7.71. The largest absolute Gasteiger partial charge is 0.508 e. The molecule has 0 spiro atoms. The molecule has 8 atom stereocenters. The van der Waals surface area contributed by atoms with Gasteiger partial charge in [-0.2, -0.15) is 0 Å². The Balaban J connectivity index is 1.57. The molecule has 2 heterocycles. The number of thiophene rings is 1. The van der Waals surface area contributed by atoms with Gasteiger partial charge in [0.25, 0.3) is 0 Å². The summed E-state index contributed by atoms with van der Waals surface area (Å²) in [6, 6.07) is 4.55. The highest BCUT2D eigenvalue weighted by Gasteiger charge is 2.40. The number of aliphatic hydroxyl groups is 1. The summed E-state index contributed by atoms with van der Waals surface area (Å²) in [5.41, 5.74) is 23.4. The van der Waals surface area contributed by atoms with Gasteiger partial charge < -0.3 is 69.9 Å². The molecule has 4 rings (SSSR count). The predicted molar refractivity (Wildman–Crippen MR) is 298 cm³/mol. The number of aliphatic hydroxyl groups excluding tert-OH is 1. The second-order valence-electron chi connectivity index (χ2n) is 20.1. The number of anilines is 1.